The number of carbonyl (C=O) groups is 2. The largest absolute Gasteiger partial charge is 0.505 e. The number of nitrogens with zero attached hydrogens (tertiary/aromatic N) is 1. The average molecular weight is 422 g/mol. The number of aliphatic hydroxyl groups excluding tert-OH is 1. The topological polar surface area (TPSA) is 106 Å². The summed E-state index contributed by atoms with van der Waals surface area (Å²) < 4.78 is 15.2. The average Bonchev–Trinajstić information content (AvgIpc) is 3.06. The molecule has 0 spiro atoms. The van der Waals surface area contributed by atoms with Gasteiger partial charge in [0.2, 0.25) is 0 Å². The van der Waals surface area contributed by atoms with Crippen LogP contribution in [0.5, 0.6) is 11.5 Å². The van der Waals surface area contributed by atoms with Crippen LogP contribution >= 0.6 is 0 Å². The van der Waals surface area contributed by atoms with Crippen molar-refractivity contribution in [2.75, 3.05) is 26.1 Å². The number of amides is 1. The van der Waals surface area contributed by atoms with Gasteiger partial charge in [0.15, 0.2) is 12.4 Å². The number of methoxy groups -OCH3 is 2. The van der Waals surface area contributed by atoms with E-state index in [9.17, 15) is 14.7 Å². The number of benzene rings is 2. The number of hydrogen-bond donors (Lipinski definition) is 2. The van der Waals surface area contributed by atoms with Gasteiger partial charge in [0, 0.05) is 5.69 Å². The molecule has 31 heavy (non-hydrogen) atoms. The molecule has 0 bridgehead atoms. The molecule has 0 aromatic heterocycles. The first-order chi connectivity index (χ1) is 14.9. The lowest BCUT2D eigenvalue weighted by atomic mass is 10.1. The summed E-state index contributed by atoms with van der Waals surface area (Å²) in [6.45, 7) is 1.47. The fraction of sp³-hybridized carbons (Fsp3) is 0.174. The van der Waals surface area contributed by atoms with Crippen LogP contribution in [0.2, 0.25) is 0 Å². The number of anilines is 1. The fourth-order valence-electron chi connectivity index (χ4n) is 2.87. The van der Waals surface area contributed by atoms with Crippen LogP contribution in [0.1, 0.15) is 12.5 Å². The van der Waals surface area contributed by atoms with E-state index in [4.69, 9.17) is 9.47 Å². The minimum atomic E-state index is -0.640. The zero-order valence-electron chi connectivity index (χ0n) is 17.3. The van der Waals surface area contributed by atoms with Crippen molar-refractivity contribution in [1.82, 2.24) is 0 Å². The first-order valence-corrected chi connectivity index (χ1v) is 9.37. The molecule has 0 unspecified atom stereocenters. The monoisotopic (exact) mass is 422 g/mol. The van der Waals surface area contributed by atoms with E-state index >= 15 is 0 Å². The molecule has 0 fully saturated rings. The van der Waals surface area contributed by atoms with Crippen LogP contribution in [0.15, 0.2) is 70.6 Å². The maximum atomic E-state index is 12.1. The molecule has 0 saturated carbocycles. The Bertz CT molecular complexity index is 1070. The van der Waals surface area contributed by atoms with Gasteiger partial charge in [0.1, 0.15) is 22.8 Å². The van der Waals surface area contributed by atoms with Crippen molar-refractivity contribution in [2.24, 2.45) is 4.99 Å². The number of hydrogen-bond acceptors (Lipinski definition) is 7. The Morgan fingerprint density at radius 1 is 1.03 bits per heavy atom. The minimum Gasteiger partial charge on any atom is -0.505 e. The fourth-order valence-corrected chi connectivity index (χ4v) is 2.87. The maximum Gasteiger partial charge on any atom is 0.343 e. The van der Waals surface area contributed by atoms with E-state index in [1.54, 1.807) is 68.6 Å². The Labute approximate surface area is 179 Å². The second kappa shape index (κ2) is 9.62. The van der Waals surface area contributed by atoms with Crippen LogP contribution in [0.4, 0.5) is 5.69 Å². The molecule has 0 radical (unpaired) electrons. The summed E-state index contributed by atoms with van der Waals surface area (Å²) in [6.07, 6.45) is 1.63. The maximum absolute atomic E-state index is 12.1. The second-order valence-electron chi connectivity index (χ2n) is 6.58. The van der Waals surface area contributed by atoms with Gasteiger partial charge in [-0.05, 0) is 55.0 Å². The molecule has 1 amide bonds. The van der Waals surface area contributed by atoms with Crippen molar-refractivity contribution >= 4 is 29.4 Å². The Morgan fingerprint density at radius 2 is 1.68 bits per heavy atom. The molecule has 1 heterocycles. The van der Waals surface area contributed by atoms with E-state index in [-0.39, 0.29) is 29.5 Å². The standard InChI is InChI=1S/C23H22N2O6/c1-14-21(23(28)30-3)22(27)19(24-14)12-15-4-8-18(9-5-15)31-13-20(26)25-16-6-10-17(29-2)11-7-16/h4-12,27H,13H2,1-3H3,(H,25,26)/b19-12-. The van der Waals surface area contributed by atoms with Crippen LogP contribution in [0.3, 0.4) is 0 Å². The molecule has 160 valence electrons. The van der Waals surface area contributed by atoms with Crippen LogP contribution in [-0.4, -0.2) is 43.5 Å². The van der Waals surface area contributed by atoms with Crippen molar-refractivity contribution in [1.29, 1.82) is 0 Å². The van der Waals surface area contributed by atoms with E-state index < -0.39 is 5.97 Å². The highest BCUT2D eigenvalue weighted by Crippen LogP contribution is 2.26. The Hall–Kier alpha value is -4.07. The number of ether oxygens (including phenoxy) is 3. The summed E-state index contributed by atoms with van der Waals surface area (Å²) in [5.41, 5.74) is 2.09. The molecule has 8 heteroatoms. The SMILES string of the molecule is COC(=O)C1=C(O)/C(=C/c2ccc(OCC(=O)Nc3ccc(OC)cc3)cc2)N=C1C. The summed E-state index contributed by atoms with van der Waals surface area (Å²) in [4.78, 5) is 28.0. The van der Waals surface area contributed by atoms with E-state index in [1.807, 2.05) is 0 Å². The third kappa shape index (κ3) is 5.30. The van der Waals surface area contributed by atoms with Crippen molar-refractivity contribution < 1.29 is 28.9 Å². The molecule has 1 aliphatic heterocycles. The lowest BCUT2D eigenvalue weighted by Crippen LogP contribution is -2.20. The number of carbonyl (C=O) groups excluding carboxylic acids is 2. The third-order valence-electron chi connectivity index (χ3n) is 4.45. The van der Waals surface area contributed by atoms with Gasteiger partial charge in [-0.15, -0.1) is 0 Å². The van der Waals surface area contributed by atoms with Crippen LogP contribution in [-0.2, 0) is 14.3 Å². The first-order valence-electron chi connectivity index (χ1n) is 9.37. The smallest absolute Gasteiger partial charge is 0.343 e. The quantitative estimate of drug-likeness (QED) is 0.662. The number of aliphatic imine (C=N–C) groups is 1. The van der Waals surface area contributed by atoms with Crippen molar-refractivity contribution in [3.05, 3.63) is 71.1 Å². The molecule has 2 aromatic rings. The van der Waals surface area contributed by atoms with Crippen molar-refractivity contribution in [2.45, 2.75) is 6.92 Å². The molecule has 8 nitrogen and oxygen atoms in total. The molecule has 0 aliphatic carbocycles. The zero-order valence-corrected chi connectivity index (χ0v) is 17.3. The van der Waals surface area contributed by atoms with E-state index in [2.05, 4.69) is 15.0 Å². The third-order valence-corrected chi connectivity index (χ3v) is 4.45. The van der Waals surface area contributed by atoms with E-state index in [1.165, 1.54) is 7.11 Å². The Balaban J connectivity index is 1.59. The second-order valence-corrected chi connectivity index (χ2v) is 6.58. The van der Waals surface area contributed by atoms with Gasteiger partial charge in [-0.25, -0.2) is 9.79 Å². The predicted molar refractivity (Wildman–Crippen MR) is 116 cm³/mol. The lowest BCUT2D eigenvalue weighted by Gasteiger charge is -2.08. The highest BCUT2D eigenvalue weighted by Gasteiger charge is 2.27. The molecule has 1 aliphatic rings. The Kier molecular flexibility index (Phi) is 6.71. The van der Waals surface area contributed by atoms with E-state index in [0.29, 0.717) is 22.9 Å². The zero-order chi connectivity index (χ0) is 22.4. The minimum absolute atomic E-state index is 0.0524. The highest BCUT2D eigenvalue weighted by molar-refractivity contribution is 6.22. The number of aliphatic hydroxyl groups is 1. The summed E-state index contributed by atoms with van der Waals surface area (Å²) in [6, 6.07) is 13.9. The molecular formula is C23H22N2O6. The predicted octanol–water partition coefficient (Wildman–Crippen LogP) is 3.51. The summed E-state index contributed by atoms with van der Waals surface area (Å²) in [5, 5.41) is 13.0. The van der Waals surface area contributed by atoms with Gasteiger partial charge in [-0.3, -0.25) is 4.79 Å². The van der Waals surface area contributed by atoms with Gasteiger partial charge in [0.05, 0.1) is 19.9 Å². The normalized spacial score (nSPS) is 14.3. The molecule has 2 aromatic carbocycles. The summed E-state index contributed by atoms with van der Waals surface area (Å²) in [7, 11) is 2.82. The van der Waals surface area contributed by atoms with Crippen LogP contribution in [0, 0.1) is 0 Å². The van der Waals surface area contributed by atoms with Crippen LogP contribution < -0.4 is 14.8 Å². The molecular weight excluding hydrogens is 400 g/mol. The van der Waals surface area contributed by atoms with Gasteiger partial charge in [-0.1, -0.05) is 12.1 Å². The van der Waals surface area contributed by atoms with Gasteiger partial charge < -0.3 is 24.6 Å². The van der Waals surface area contributed by atoms with Gasteiger partial charge in [-0.2, -0.15) is 0 Å². The summed E-state index contributed by atoms with van der Waals surface area (Å²) >= 11 is 0. The Morgan fingerprint density at radius 3 is 2.29 bits per heavy atom. The molecule has 0 atom stereocenters. The number of nitrogens with one attached hydrogen (secondary N) is 1. The number of esters is 1. The van der Waals surface area contributed by atoms with E-state index in [0.717, 1.165) is 5.56 Å². The first kappa shape index (κ1) is 21.6. The van der Waals surface area contributed by atoms with Crippen molar-refractivity contribution in [3.8, 4) is 11.5 Å². The van der Waals surface area contributed by atoms with Gasteiger partial charge >= 0.3 is 5.97 Å². The number of rotatable bonds is 7. The lowest BCUT2D eigenvalue weighted by molar-refractivity contribution is -0.135. The van der Waals surface area contributed by atoms with Crippen molar-refractivity contribution in [3.63, 3.8) is 0 Å². The molecule has 0 saturated heterocycles. The molecule has 2 N–H and O–H groups in total. The van der Waals surface area contributed by atoms with Gasteiger partial charge in [0.25, 0.3) is 5.91 Å². The highest BCUT2D eigenvalue weighted by atomic mass is 16.5. The molecule has 3 rings (SSSR count). The van der Waals surface area contributed by atoms with Crippen LogP contribution in [0.25, 0.3) is 6.08 Å². The summed E-state index contributed by atoms with van der Waals surface area (Å²) in [5.74, 6) is 0.0532.